The van der Waals surface area contributed by atoms with E-state index in [1.807, 2.05) is 25.4 Å². The molecule has 0 saturated carbocycles. The Morgan fingerprint density at radius 1 is 0.969 bits per heavy atom. The molecule has 5 rings (SSSR count). The largest absolute Gasteiger partial charge is 0.305 e. The van der Waals surface area contributed by atoms with Gasteiger partial charge in [-0.2, -0.15) is 10.2 Å². The molecule has 0 saturated heterocycles. The molecule has 0 aliphatic carbocycles. The number of aryl methyl sites for hydroxylation is 3. The van der Waals surface area contributed by atoms with Crippen LogP contribution in [0.4, 0.5) is 5.82 Å². The van der Waals surface area contributed by atoms with Crippen molar-refractivity contribution < 1.29 is 4.79 Å². The number of carbonyl (C=O) groups is 1. The van der Waals surface area contributed by atoms with Gasteiger partial charge in [0.15, 0.2) is 11.5 Å². The molecule has 4 heterocycles. The van der Waals surface area contributed by atoms with Crippen LogP contribution in [-0.2, 0) is 7.05 Å². The molecule has 1 aromatic carbocycles. The van der Waals surface area contributed by atoms with E-state index in [0.29, 0.717) is 22.7 Å². The highest BCUT2D eigenvalue weighted by Gasteiger charge is 2.16. The number of hydrogen-bond acceptors (Lipinski definition) is 5. The molecule has 0 atom stereocenters. The number of aromatic nitrogens is 6. The van der Waals surface area contributed by atoms with Crippen LogP contribution in [0.2, 0.25) is 0 Å². The number of hydrogen-bond donors (Lipinski definition) is 1. The quantitative estimate of drug-likeness (QED) is 0.471. The maximum atomic E-state index is 12.6. The molecule has 0 radical (unpaired) electrons. The van der Waals surface area contributed by atoms with Gasteiger partial charge in [-0.25, -0.2) is 9.50 Å². The number of anilines is 1. The summed E-state index contributed by atoms with van der Waals surface area (Å²) in [5.74, 6) is 0.168. The predicted molar refractivity (Wildman–Crippen MR) is 122 cm³/mol. The van der Waals surface area contributed by atoms with Crippen molar-refractivity contribution in [3.63, 3.8) is 0 Å². The molecular weight excluding hydrogens is 402 g/mol. The standard InChI is InChI=1S/C24H21N7O/c1-15-6-8-17(9-7-15)23-19(13-30(3)29-23)20-10-11-22-26-21(14-31(22)28-20)27-24(32)18-5-4-12-25-16(18)2/h4-14H,1-3H3,(H,27,32). The summed E-state index contributed by atoms with van der Waals surface area (Å²) in [5.41, 5.74) is 6.57. The van der Waals surface area contributed by atoms with Crippen LogP contribution in [0, 0.1) is 13.8 Å². The number of imidazole rings is 1. The summed E-state index contributed by atoms with van der Waals surface area (Å²) in [4.78, 5) is 21.2. The maximum Gasteiger partial charge on any atom is 0.258 e. The molecule has 0 unspecified atom stereocenters. The van der Waals surface area contributed by atoms with E-state index in [1.165, 1.54) is 5.56 Å². The van der Waals surface area contributed by atoms with Crippen molar-refractivity contribution in [1.82, 2.24) is 29.4 Å². The van der Waals surface area contributed by atoms with E-state index in [9.17, 15) is 4.79 Å². The van der Waals surface area contributed by atoms with Crippen LogP contribution in [0.1, 0.15) is 21.6 Å². The van der Waals surface area contributed by atoms with Gasteiger partial charge in [-0.3, -0.25) is 14.5 Å². The van der Waals surface area contributed by atoms with Crippen molar-refractivity contribution in [2.75, 3.05) is 5.32 Å². The average Bonchev–Trinajstić information content (AvgIpc) is 3.36. The fourth-order valence-electron chi connectivity index (χ4n) is 3.59. The first kappa shape index (κ1) is 19.6. The summed E-state index contributed by atoms with van der Waals surface area (Å²) in [7, 11) is 1.89. The number of nitrogens with zero attached hydrogens (tertiary/aromatic N) is 6. The van der Waals surface area contributed by atoms with Crippen molar-refractivity contribution in [3.8, 4) is 22.5 Å². The monoisotopic (exact) mass is 423 g/mol. The highest BCUT2D eigenvalue weighted by molar-refractivity contribution is 6.04. The number of fused-ring (bicyclic) bond motifs is 1. The van der Waals surface area contributed by atoms with Gasteiger partial charge in [0.1, 0.15) is 5.69 Å². The average molecular weight is 423 g/mol. The summed E-state index contributed by atoms with van der Waals surface area (Å²) in [5, 5.41) is 12.2. The lowest BCUT2D eigenvalue weighted by molar-refractivity contribution is 0.102. The third-order valence-electron chi connectivity index (χ3n) is 5.24. The van der Waals surface area contributed by atoms with Gasteiger partial charge in [0.2, 0.25) is 0 Å². The smallest absolute Gasteiger partial charge is 0.258 e. The summed E-state index contributed by atoms with van der Waals surface area (Å²) in [6, 6.07) is 15.5. The second-order valence-corrected chi connectivity index (χ2v) is 7.67. The van der Waals surface area contributed by atoms with Gasteiger partial charge in [0.25, 0.3) is 5.91 Å². The molecule has 32 heavy (non-hydrogen) atoms. The second kappa shape index (κ2) is 7.73. The number of carbonyl (C=O) groups excluding carboxylic acids is 1. The normalized spacial score (nSPS) is 11.1. The van der Waals surface area contributed by atoms with Gasteiger partial charge in [-0.15, -0.1) is 0 Å². The Hall–Kier alpha value is -4.33. The number of nitrogens with one attached hydrogen (secondary N) is 1. The lowest BCUT2D eigenvalue weighted by Gasteiger charge is -2.03. The Morgan fingerprint density at radius 2 is 1.78 bits per heavy atom. The van der Waals surface area contributed by atoms with Crippen LogP contribution < -0.4 is 5.32 Å². The van der Waals surface area contributed by atoms with Crippen LogP contribution in [0.15, 0.2) is 67.1 Å². The van der Waals surface area contributed by atoms with E-state index in [-0.39, 0.29) is 5.91 Å². The zero-order valence-corrected chi connectivity index (χ0v) is 17.9. The minimum absolute atomic E-state index is 0.256. The SMILES string of the molecule is Cc1ccc(-c2nn(C)cc2-c2ccc3nc(NC(=O)c4cccnc4C)cn3n2)cc1. The summed E-state index contributed by atoms with van der Waals surface area (Å²) >= 11 is 0. The first-order valence-electron chi connectivity index (χ1n) is 10.2. The van der Waals surface area contributed by atoms with Crippen molar-refractivity contribution in [2.24, 2.45) is 7.05 Å². The minimum Gasteiger partial charge on any atom is -0.305 e. The van der Waals surface area contributed by atoms with Gasteiger partial charge < -0.3 is 5.32 Å². The van der Waals surface area contributed by atoms with Gasteiger partial charge in [0.05, 0.1) is 17.5 Å². The molecule has 5 aromatic rings. The first-order valence-corrected chi connectivity index (χ1v) is 10.2. The van der Waals surface area contributed by atoms with E-state index in [1.54, 1.807) is 40.6 Å². The molecule has 8 nitrogen and oxygen atoms in total. The maximum absolute atomic E-state index is 12.6. The molecule has 0 aliphatic rings. The fourth-order valence-corrected chi connectivity index (χ4v) is 3.59. The molecule has 0 aliphatic heterocycles. The fraction of sp³-hybridized carbons (Fsp3) is 0.125. The van der Waals surface area contributed by atoms with Gasteiger partial charge in [0, 0.05) is 36.3 Å². The molecule has 0 fully saturated rings. The second-order valence-electron chi connectivity index (χ2n) is 7.67. The Labute approximate surface area is 184 Å². The third-order valence-corrected chi connectivity index (χ3v) is 5.24. The Kier molecular flexibility index (Phi) is 4.74. The van der Waals surface area contributed by atoms with E-state index in [4.69, 9.17) is 5.10 Å². The summed E-state index contributed by atoms with van der Waals surface area (Å²) < 4.78 is 3.44. The molecule has 4 aromatic heterocycles. The van der Waals surface area contributed by atoms with Crippen LogP contribution in [0.25, 0.3) is 28.2 Å². The zero-order chi connectivity index (χ0) is 22.2. The van der Waals surface area contributed by atoms with Crippen molar-refractivity contribution in [1.29, 1.82) is 0 Å². The molecule has 0 spiro atoms. The van der Waals surface area contributed by atoms with Gasteiger partial charge in [-0.1, -0.05) is 29.8 Å². The van der Waals surface area contributed by atoms with E-state index in [2.05, 4.69) is 51.6 Å². The van der Waals surface area contributed by atoms with Crippen molar-refractivity contribution in [3.05, 3.63) is 83.9 Å². The number of rotatable bonds is 4. The predicted octanol–water partition coefficient (Wildman–Crippen LogP) is 4.06. The topological polar surface area (TPSA) is 90.0 Å². The van der Waals surface area contributed by atoms with Crippen molar-refractivity contribution in [2.45, 2.75) is 13.8 Å². The van der Waals surface area contributed by atoms with Crippen LogP contribution in [0.3, 0.4) is 0 Å². The Balaban J connectivity index is 1.48. The number of benzene rings is 1. The number of pyridine rings is 1. The molecular formula is C24H21N7O. The zero-order valence-electron chi connectivity index (χ0n) is 17.9. The lowest BCUT2D eigenvalue weighted by atomic mass is 10.0. The lowest BCUT2D eigenvalue weighted by Crippen LogP contribution is -2.14. The highest BCUT2D eigenvalue weighted by atomic mass is 16.1. The van der Waals surface area contributed by atoms with Crippen LogP contribution >= 0.6 is 0 Å². The van der Waals surface area contributed by atoms with Gasteiger partial charge in [-0.05, 0) is 38.1 Å². The summed E-state index contributed by atoms with van der Waals surface area (Å²) in [6.45, 7) is 3.86. The summed E-state index contributed by atoms with van der Waals surface area (Å²) in [6.07, 6.45) is 5.31. The Morgan fingerprint density at radius 3 is 2.56 bits per heavy atom. The molecule has 0 bridgehead atoms. The third kappa shape index (κ3) is 3.62. The minimum atomic E-state index is -0.256. The van der Waals surface area contributed by atoms with Crippen LogP contribution in [0.5, 0.6) is 0 Å². The van der Waals surface area contributed by atoms with E-state index >= 15 is 0 Å². The molecule has 8 heteroatoms. The molecule has 1 amide bonds. The van der Waals surface area contributed by atoms with E-state index in [0.717, 1.165) is 22.5 Å². The first-order chi connectivity index (χ1) is 15.5. The van der Waals surface area contributed by atoms with Gasteiger partial charge >= 0.3 is 0 Å². The number of amides is 1. The molecule has 158 valence electrons. The van der Waals surface area contributed by atoms with Crippen LogP contribution in [-0.4, -0.2) is 35.3 Å². The highest BCUT2D eigenvalue weighted by Crippen LogP contribution is 2.30. The molecule has 1 N–H and O–H groups in total. The van der Waals surface area contributed by atoms with Crippen molar-refractivity contribution >= 4 is 17.4 Å². The Bertz CT molecular complexity index is 1450. The van der Waals surface area contributed by atoms with E-state index < -0.39 is 0 Å².